The van der Waals surface area contributed by atoms with Gasteiger partial charge in [0, 0.05) is 13.3 Å². The monoisotopic (exact) mass is 445 g/mol. The maximum Gasteiger partial charge on any atom is 0.266 e. The lowest BCUT2D eigenvalue weighted by Gasteiger charge is -2.10. The molecule has 0 aliphatic rings. The normalized spacial score (nSPS) is 10.5. The van der Waals surface area contributed by atoms with Crippen LogP contribution in [-0.4, -0.2) is 37.1 Å². The van der Waals surface area contributed by atoms with Crippen LogP contribution in [0.3, 0.4) is 0 Å². The fourth-order valence-corrected chi connectivity index (χ4v) is 3.78. The van der Waals surface area contributed by atoms with Gasteiger partial charge in [-0.25, -0.2) is 4.98 Å². The van der Waals surface area contributed by atoms with Gasteiger partial charge in [-0.05, 0) is 42.8 Å². The summed E-state index contributed by atoms with van der Waals surface area (Å²) in [6, 6.07) is 11.9. The van der Waals surface area contributed by atoms with Crippen molar-refractivity contribution in [2.45, 2.75) is 6.92 Å². The molecule has 0 saturated carbocycles. The van der Waals surface area contributed by atoms with E-state index in [0.29, 0.717) is 45.2 Å². The third kappa shape index (κ3) is 5.35. The second kappa shape index (κ2) is 10.2. The molecule has 0 aliphatic heterocycles. The Hall–Kier alpha value is -2.94. The topological polar surface area (TPSA) is 89.6 Å². The lowest BCUT2D eigenvalue weighted by atomic mass is 10.2. The largest absolute Gasteiger partial charge is 0.474 e. The second-order valence-corrected chi connectivity index (χ2v) is 7.67. The molecule has 0 radical (unpaired) electrons. The average molecular weight is 446 g/mol. The molecule has 0 saturated heterocycles. The molecule has 0 atom stereocenters. The first kappa shape index (κ1) is 21.8. The zero-order valence-electron chi connectivity index (χ0n) is 16.4. The van der Waals surface area contributed by atoms with Gasteiger partial charge in [0.1, 0.15) is 12.3 Å². The number of thiophene rings is 1. The number of ether oxygens (including phenoxy) is 2. The highest BCUT2D eigenvalue weighted by molar-refractivity contribution is 7.18. The molecule has 2 heterocycles. The number of amides is 2. The number of carbonyl (C=O) groups is 2. The van der Waals surface area contributed by atoms with E-state index in [1.165, 1.54) is 11.3 Å². The summed E-state index contributed by atoms with van der Waals surface area (Å²) in [7, 11) is 1.58. The van der Waals surface area contributed by atoms with Gasteiger partial charge in [-0.1, -0.05) is 23.7 Å². The average Bonchev–Trinajstić information content (AvgIpc) is 3.09. The Kier molecular flexibility index (Phi) is 7.40. The van der Waals surface area contributed by atoms with E-state index in [4.69, 9.17) is 21.1 Å². The third-order valence-corrected chi connectivity index (χ3v) is 5.51. The van der Waals surface area contributed by atoms with Crippen molar-refractivity contribution >= 4 is 45.4 Å². The Morgan fingerprint density at radius 3 is 2.67 bits per heavy atom. The minimum Gasteiger partial charge on any atom is -0.474 e. The summed E-state index contributed by atoms with van der Waals surface area (Å²) in [5.74, 6) is -0.348. The number of aromatic nitrogens is 1. The Morgan fingerprint density at radius 2 is 1.90 bits per heavy atom. The summed E-state index contributed by atoms with van der Waals surface area (Å²) in [5, 5.41) is 6.51. The van der Waals surface area contributed by atoms with E-state index in [1.54, 1.807) is 62.7 Å². The van der Waals surface area contributed by atoms with E-state index in [2.05, 4.69) is 15.6 Å². The van der Waals surface area contributed by atoms with Gasteiger partial charge < -0.3 is 20.1 Å². The van der Waals surface area contributed by atoms with Crippen LogP contribution in [0.2, 0.25) is 5.02 Å². The Balaban J connectivity index is 1.72. The van der Waals surface area contributed by atoms with Crippen molar-refractivity contribution in [3.8, 4) is 5.88 Å². The Bertz CT molecular complexity index is 1050. The fourth-order valence-electron chi connectivity index (χ4n) is 2.60. The number of nitrogens with zero attached hydrogens (tertiary/aromatic N) is 1. The number of hydrogen-bond donors (Lipinski definition) is 2. The fraction of sp³-hybridized carbons (Fsp3) is 0.190. The predicted octanol–water partition coefficient (Wildman–Crippen LogP) is 4.63. The molecule has 2 aromatic heterocycles. The lowest BCUT2D eigenvalue weighted by molar-refractivity contribution is 0.101. The molecule has 9 heteroatoms. The molecule has 30 heavy (non-hydrogen) atoms. The first-order chi connectivity index (χ1) is 14.5. The lowest BCUT2D eigenvalue weighted by Crippen LogP contribution is -2.14. The Morgan fingerprint density at radius 1 is 1.10 bits per heavy atom. The molecule has 0 bridgehead atoms. The van der Waals surface area contributed by atoms with Crippen LogP contribution in [0, 0.1) is 6.92 Å². The van der Waals surface area contributed by atoms with Crippen molar-refractivity contribution in [1.82, 2.24) is 4.98 Å². The number of rotatable bonds is 8. The minimum atomic E-state index is -0.338. The number of carbonyl (C=O) groups excluding carboxylic acids is 2. The van der Waals surface area contributed by atoms with Crippen LogP contribution in [0.4, 0.5) is 10.7 Å². The van der Waals surface area contributed by atoms with Gasteiger partial charge in [0.2, 0.25) is 5.88 Å². The molecular weight excluding hydrogens is 426 g/mol. The summed E-state index contributed by atoms with van der Waals surface area (Å²) in [5.41, 5.74) is 1.55. The number of pyridine rings is 1. The highest BCUT2D eigenvalue weighted by atomic mass is 35.5. The van der Waals surface area contributed by atoms with Crippen LogP contribution in [0.5, 0.6) is 5.88 Å². The van der Waals surface area contributed by atoms with E-state index >= 15 is 0 Å². The molecule has 1 aromatic carbocycles. The number of hydrogen-bond acceptors (Lipinski definition) is 6. The van der Waals surface area contributed by atoms with Gasteiger partial charge in [0.15, 0.2) is 0 Å². The summed E-state index contributed by atoms with van der Waals surface area (Å²) >= 11 is 7.25. The number of halogens is 1. The molecular formula is C21H20ClN3O4S. The van der Waals surface area contributed by atoms with Crippen LogP contribution in [0.1, 0.15) is 25.6 Å². The maximum atomic E-state index is 12.8. The summed E-state index contributed by atoms with van der Waals surface area (Å²) < 4.78 is 10.5. The molecule has 156 valence electrons. The minimum absolute atomic E-state index is 0.310. The van der Waals surface area contributed by atoms with E-state index in [0.717, 1.165) is 5.56 Å². The second-order valence-electron chi connectivity index (χ2n) is 6.21. The number of methoxy groups -OCH3 is 1. The molecule has 0 aliphatic carbocycles. The molecule has 3 rings (SSSR count). The number of nitrogens with one attached hydrogen (secondary N) is 2. The Labute approximate surface area is 183 Å². The first-order valence-corrected chi connectivity index (χ1v) is 10.2. The highest BCUT2D eigenvalue weighted by Crippen LogP contribution is 2.29. The van der Waals surface area contributed by atoms with E-state index in [1.807, 2.05) is 0 Å². The third-order valence-electron chi connectivity index (χ3n) is 4.02. The number of aryl methyl sites for hydroxylation is 1. The number of benzene rings is 1. The summed E-state index contributed by atoms with van der Waals surface area (Å²) in [6.07, 6.45) is 1.58. The first-order valence-electron chi connectivity index (χ1n) is 9.04. The summed E-state index contributed by atoms with van der Waals surface area (Å²) in [6.45, 7) is 2.52. The van der Waals surface area contributed by atoms with Crippen molar-refractivity contribution in [1.29, 1.82) is 0 Å². The molecule has 0 fully saturated rings. The molecule has 7 nitrogen and oxygen atoms in total. The molecule has 2 N–H and O–H groups in total. The zero-order valence-corrected chi connectivity index (χ0v) is 18.0. The van der Waals surface area contributed by atoms with Gasteiger partial charge in [0.25, 0.3) is 11.8 Å². The molecule has 3 aromatic rings. The SMILES string of the molecule is COCCOc1ncccc1NC(=O)c1sc(NC(=O)c2ccccc2Cl)cc1C. The van der Waals surface area contributed by atoms with E-state index in [-0.39, 0.29) is 11.8 Å². The summed E-state index contributed by atoms with van der Waals surface area (Å²) in [4.78, 5) is 29.9. The van der Waals surface area contributed by atoms with Crippen molar-refractivity contribution in [2.24, 2.45) is 0 Å². The van der Waals surface area contributed by atoms with Crippen LogP contribution < -0.4 is 15.4 Å². The zero-order chi connectivity index (χ0) is 21.5. The molecule has 2 amide bonds. The van der Waals surface area contributed by atoms with Crippen LogP contribution in [-0.2, 0) is 4.74 Å². The number of anilines is 2. The van der Waals surface area contributed by atoms with Crippen molar-refractivity contribution in [3.05, 3.63) is 69.7 Å². The van der Waals surface area contributed by atoms with Crippen molar-refractivity contribution in [3.63, 3.8) is 0 Å². The van der Waals surface area contributed by atoms with Crippen molar-refractivity contribution in [2.75, 3.05) is 31.0 Å². The highest BCUT2D eigenvalue weighted by Gasteiger charge is 2.18. The van der Waals surface area contributed by atoms with Crippen molar-refractivity contribution < 1.29 is 19.1 Å². The van der Waals surface area contributed by atoms with E-state index in [9.17, 15) is 9.59 Å². The van der Waals surface area contributed by atoms with Gasteiger partial charge in [-0.3, -0.25) is 9.59 Å². The maximum absolute atomic E-state index is 12.8. The van der Waals surface area contributed by atoms with Gasteiger partial charge in [-0.15, -0.1) is 11.3 Å². The van der Waals surface area contributed by atoms with Gasteiger partial charge in [-0.2, -0.15) is 0 Å². The van der Waals surface area contributed by atoms with Gasteiger partial charge in [0.05, 0.1) is 27.1 Å². The molecule has 0 unspecified atom stereocenters. The standard InChI is InChI=1S/C21H20ClN3O4S/c1-13-12-17(25-19(26)14-6-3-4-7-15(14)22)30-18(13)20(27)24-16-8-5-9-23-21(16)29-11-10-28-2/h3-9,12H,10-11H2,1-2H3,(H,24,27)(H,25,26). The van der Waals surface area contributed by atoms with Gasteiger partial charge >= 0.3 is 0 Å². The molecule has 0 spiro atoms. The van der Waals surface area contributed by atoms with Crippen LogP contribution in [0.25, 0.3) is 0 Å². The predicted molar refractivity (Wildman–Crippen MR) is 118 cm³/mol. The van der Waals surface area contributed by atoms with Crippen LogP contribution in [0.15, 0.2) is 48.7 Å². The quantitative estimate of drug-likeness (QED) is 0.493. The van der Waals surface area contributed by atoms with E-state index < -0.39 is 0 Å². The van der Waals surface area contributed by atoms with Crippen LogP contribution >= 0.6 is 22.9 Å². The smallest absolute Gasteiger partial charge is 0.266 e.